The Hall–Kier alpha value is -1.69. The molecule has 6 heteroatoms. The van der Waals surface area contributed by atoms with Gasteiger partial charge >= 0.3 is 0 Å². The zero-order valence-corrected chi connectivity index (χ0v) is 17.3. The van der Waals surface area contributed by atoms with Gasteiger partial charge in [-0.05, 0) is 37.3 Å². The summed E-state index contributed by atoms with van der Waals surface area (Å²) in [6, 6.07) is 4.05. The summed E-state index contributed by atoms with van der Waals surface area (Å²) >= 11 is 0. The molecule has 0 radical (unpaired) electrons. The Morgan fingerprint density at radius 3 is 2.69 bits per heavy atom. The van der Waals surface area contributed by atoms with E-state index in [4.69, 9.17) is 14.2 Å². The van der Waals surface area contributed by atoms with E-state index in [0.29, 0.717) is 18.9 Å². The third-order valence-corrected chi connectivity index (χ3v) is 5.27. The molecule has 0 N–H and O–H groups in total. The predicted octanol–water partition coefficient (Wildman–Crippen LogP) is 6.56. The number of alkyl halides is 2. The number of halogens is 3. The summed E-state index contributed by atoms with van der Waals surface area (Å²) < 4.78 is 58.8. The summed E-state index contributed by atoms with van der Waals surface area (Å²) in [5, 5.41) is 0. The van der Waals surface area contributed by atoms with E-state index < -0.39 is 24.3 Å². The maximum atomic E-state index is 14.5. The first-order chi connectivity index (χ1) is 14.0. The van der Waals surface area contributed by atoms with Crippen LogP contribution in [0.2, 0.25) is 0 Å². The molecule has 0 bridgehead atoms. The molecule has 3 nitrogen and oxygen atoms in total. The largest absolute Gasteiger partial charge is 0.493 e. The summed E-state index contributed by atoms with van der Waals surface area (Å²) in [6.07, 6.45) is 6.95. The number of hydrogen-bond donors (Lipinski definition) is 0. The van der Waals surface area contributed by atoms with Gasteiger partial charge in [-0.3, -0.25) is 0 Å². The molecule has 0 spiro atoms. The van der Waals surface area contributed by atoms with Crippen molar-refractivity contribution in [2.24, 2.45) is 5.92 Å². The maximum Gasteiger partial charge on any atom is 0.276 e. The average molecular weight is 415 g/mol. The van der Waals surface area contributed by atoms with E-state index in [1.165, 1.54) is 37.5 Å². The first kappa shape index (κ1) is 23.6. The third-order valence-electron chi connectivity index (χ3n) is 5.27. The lowest BCUT2D eigenvalue weighted by atomic mass is 9.90. The van der Waals surface area contributed by atoms with Gasteiger partial charge in [0.15, 0.2) is 11.6 Å². The van der Waals surface area contributed by atoms with Gasteiger partial charge in [-0.2, -0.15) is 0 Å². The van der Waals surface area contributed by atoms with Crippen LogP contribution in [-0.2, 0) is 4.74 Å². The lowest BCUT2D eigenvalue weighted by molar-refractivity contribution is -0.169. The molecule has 0 aliphatic carbocycles. The lowest BCUT2D eigenvalue weighted by Gasteiger charge is -2.34. The number of hydrogen-bond acceptors (Lipinski definition) is 3. The van der Waals surface area contributed by atoms with Crippen molar-refractivity contribution < 1.29 is 27.4 Å². The number of ether oxygens (including phenoxy) is 3. The van der Waals surface area contributed by atoms with E-state index in [9.17, 15) is 13.2 Å². The van der Waals surface area contributed by atoms with Gasteiger partial charge in [-0.25, -0.2) is 13.2 Å². The Bertz CT molecular complexity index is 613. The molecule has 0 amide bonds. The van der Waals surface area contributed by atoms with Gasteiger partial charge in [0.1, 0.15) is 18.5 Å². The van der Waals surface area contributed by atoms with Gasteiger partial charge in [0.05, 0.1) is 13.2 Å². The normalized spacial score (nSPS) is 19.7. The van der Waals surface area contributed by atoms with Crippen molar-refractivity contribution in [1.29, 1.82) is 0 Å². The SMILES string of the molecule is C=CCOc1ccc(OCCC(F)(F)C2CCC(CCCCCC)CO2)cc1F. The molecule has 0 aromatic heterocycles. The number of benzene rings is 1. The molecule has 1 saturated heterocycles. The summed E-state index contributed by atoms with van der Waals surface area (Å²) in [4.78, 5) is 0. The smallest absolute Gasteiger partial charge is 0.276 e. The van der Waals surface area contributed by atoms with Gasteiger partial charge < -0.3 is 14.2 Å². The minimum Gasteiger partial charge on any atom is -0.493 e. The Morgan fingerprint density at radius 1 is 1.21 bits per heavy atom. The highest BCUT2D eigenvalue weighted by Crippen LogP contribution is 2.34. The van der Waals surface area contributed by atoms with Crippen molar-refractivity contribution in [2.45, 2.75) is 70.3 Å². The van der Waals surface area contributed by atoms with Crippen LogP contribution in [0.5, 0.6) is 11.5 Å². The van der Waals surface area contributed by atoms with Crippen LogP contribution in [0.25, 0.3) is 0 Å². The maximum absolute atomic E-state index is 14.5. The standard InChI is InChI=1S/C23H33F3O3/c1-3-5-6-7-8-18-9-12-22(29-17-18)23(25,26)13-15-27-19-10-11-21(20(24)16-19)28-14-4-2/h4,10-11,16,18,22H,2-3,5-9,12-15,17H2,1H3. The van der Waals surface area contributed by atoms with Gasteiger partial charge in [0.2, 0.25) is 0 Å². The van der Waals surface area contributed by atoms with Crippen LogP contribution < -0.4 is 9.47 Å². The van der Waals surface area contributed by atoms with Crippen molar-refractivity contribution in [3.8, 4) is 11.5 Å². The van der Waals surface area contributed by atoms with E-state index in [-0.39, 0.29) is 24.7 Å². The summed E-state index contributed by atoms with van der Waals surface area (Å²) in [6.45, 7) is 6.05. The fraction of sp³-hybridized carbons (Fsp3) is 0.652. The fourth-order valence-corrected chi connectivity index (χ4v) is 3.53. The average Bonchev–Trinajstić information content (AvgIpc) is 2.71. The van der Waals surface area contributed by atoms with Crippen molar-refractivity contribution in [3.63, 3.8) is 0 Å². The highest BCUT2D eigenvalue weighted by atomic mass is 19.3. The number of rotatable bonds is 13. The summed E-state index contributed by atoms with van der Waals surface area (Å²) in [5.41, 5.74) is 0. The molecule has 0 saturated carbocycles. The topological polar surface area (TPSA) is 27.7 Å². The van der Waals surface area contributed by atoms with Crippen molar-refractivity contribution in [1.82, 2.24) is 0 Å². The van der Waals surface area contributed by atoms with E-state index in [0.717, 1.165) is 25.3 Å². The van der Waals surface area contributed by atoms with Crippen LogP contribution in [0.1, 0.15) is 58.3 Å². The fourth-order valence-electron chi connectivity index (χ4n) is 3.53. The third kappa shape index (κ3) is 7.92. The van der Waals surface area contributed by atoms with E-state index in [1.54, 1.807) is 0 Å². The predicted molar refractivity (Wildman–Crippen MR) is 108 cm³/mol. The van der Waals surface area contributed by atoms with Crippen LogP contribution in [0.4, 0.5) is 13.2 Å². The van der Waals surface area contributed by atoms with Gasteiger partial charge in [-0.15, -0.1) is 0 Å². The molecule has 1 fully saturated rings. The highest BCUT2D eigenvalue weighted by molar-refractivity contribution is 5.33. The summed E-state index contributed by atoms with van der Waals surface area (Å²) in [7, 11) is 0. The molecule has 2 unspecified atom stereocenters. The van der Waals surface area contributed by atoms with Crippen molar-refractivity contribution >= 4 is 0 Å². The van der Waals surface area contributed by atoms with Crippen LogP contribution in [0.3, 0.4) is 0 Å². The van der Waals surface area contributed by atoms with E-state index in [1.807, 2.05) is 0 Å². The molecule has 1 aromatic rings. The molecule has 29 heavy (non-hydrogen) atoms. The summed E-state index contributed by atoms with van der Waals surface area (Å²) in [5.74, 6) is -2.90. The molecule has 1 aromatic carbocycles. The van der Waals surface area contributed by atoms with Crippen molar-refractivity contribution in [3.05, 3.63) is 36.7 Å². The second-order valence-corrected chi connectivity index (χ2v) is 7.67. The molecule has 2 rings (SSSR count). The molecule has 1 aliphatic rings. The zero-order valence-electron chi connectivity index (χ0n) is 17.3. The molecular weight excluding hydrogens is 381 g/mol. The van der Waals surface area contributed by atoms with Crippen LogP contribution >= 0.6 is 0 Å². The molecule has 1 heterocycles. The number of unbranched alkanes of at least 4 members (excludes halogenated alkanes) is 3. The van der Waals surface area contributed by atoms with E-state index >= 15 is 0 Å². The quantitative estimate of drug-likeness (QED) is 0.270. The first-order valence-electron chi connectivity index (χ1n) is 10.6. The van der Waals surface area contributed by atoms with E-state index in [2.05, 4.69) is 13.5 Å². The monoisotopic (exact) mass is 414 g/mol. The van der Waals surface area contributed by atoms with Gasteiger partial charge in [-0.1, -0.05) is 45.3 Å². The second-order valence-electron chi connectivity index (χ2n) is 7.67. The van der Waals surface area contributed by atoms with Crippen LogP contribution in [-0.4, -0.2) is 31.8 Å². The first-order valence-corrected chi connectivity index (χ1v) is 10.6. The van der Waals surface area contributed by atoms with Crippen LogP contribution in [0, 0.1) is 11.7 Å². The zero-order chi connectivity index (χ0) is 21.1. The Kier molecular flexibility index (Phi) is 9.85. The van der Waals surface area contributed by atoms with Crippen molar-refractivity contribution in [2.75, 3.05) is 19.8 Å². The highest BCUT2D eigenvalue weighted by Gasteiger charge is 2.42. The Balaban J connectivity index is 1.72. The minimum absolute atomic E-state index is 0.0717. The van der Waals surface area contributed by atoms with Crippen LogP contribution in [0.15, 0.2) is 30.9 Å². The minimum atomic E-state index is -2.96. The second kappa shape index (κ2) is 12.1. The molecule has 2 atom stereocenters. The van der Waals surface area contributed by atoms with Gasteiger partial charge in [0.25, 0.3) is 5.92 Å². The molecule has 164 valence electrons. The Labute approximate surface area is 172 Å². The molecule has 1 aliphatic heterocycles. The Morgan fingerprint density at radius 2 is 2.03 bits per heavy atom. The lowest BCUT2D eigenvalue weighted by Crippen LogP contribution is -2.41. The molecular formula is C23H33F3O3. The van der Waals surface area contributed by atoms with Gasteiger partial charge in [0, 0.05) is 12.5 Å².